The van der Waals surface area contributed by atoms with E-state index in [0.29, 0.717) is 0 Å². The third-order valence-corrected chi connectivity index (χ3v) is 2.24. The van der Waals surface area contributed by atoms with E-state index in [0.717, 1.165) is 24.7 Å². The molecule has 0 saturated heterocycles. The number of hydrogen-bond donors (Lipinski definition) is 1. The fraction of sp³-hybridized carbons (Fsp3) is 0.667. The maximum absolute atomic E-state index is 5.64. The van der Waals surface area contributed by atoms with Crippen molar-refractivity contribution < 1.29 is 4.74 Å². The lowest BCUT2D eigenvalue weighted by molar-refractivity contribution is 0.101. The summed E-state index contributed by atoms with van der Waals surface area (Å²) in [6, 6.07) is 0. The maximum Gasteiger partial charge on any atom is 0.235 e. The molecule has 2 rings (SSSR count). The summed E-state index contributed by atoms with van der Waals surface area (Å²) in [5, 5.41) is 7.31. The first-order chi connectivity index (χ1) is 6.12. The van der Waals surface area contributed by atoms with Gasteiger partial charge >= 0.3 is 0 Å². The molecular weight excluding hydrogens is 166 g/mol. The first-order valence-corrected chi connectivity index (χ1v) is 4.49. The Labute approximate surface area is 77.9 Å². The van der Waals surface area contributed by atoms with Crippen LogP contribution in [0.3, 0.4) is 0 Å². The van der Waals surface area contributed by atoms with Crippen LogP contribution < -0.4 is 10.1 Å². The van der Waals surface area contributed by atoms with Gasteiger partial charge in [-0.15, -0.1) is 0 Å². The molecule has 0 radical (unpaired) electrons. The van der Waals surface area contributed by atoms with Crippen molar-refractivity contribution in [2.24, 2.45) is 5.41 Å². The van der Waals surface area contributed by atoms with E-state index in [1.807, 2.05) is 11.7 Å². The summed E-state index contributed by atoms with van der Waals surface area (Å²) in [5.41, 5.74) is 1.15. The van der Waals surface area contributed by atoms with E-state index in [2.05, 4.69) is 24.3 Å². The lowest BCUT2D eigenvalue weighted by atomic mass is 9.94. The molecule has 1 aliphatic rings. The topological polar surface area (TPSA) is 39.1 Å². The zero-order chi connectivity index (χ0) is 9.47. The van der Waals surface area contributed by atoms with Gasteiger partial charge < -0.3 is 10.1 Å². The second-order valence-electron chi connectivity index (χ2n) is 4.22. The van der Waals surface area contributed by atoms with Crippen LogP contribution in [0, 0.1) is 5.41 Å². The second kappa shape index (κ2) is 2.65. The van der Waals surface area contributed by atoms with Gasteiger partial charge in [0.25, 0.3) is 0 Å². The molecule has 13 heavy (non-hydrogen) atoms. The molecule has 1 aromatic heterocycles. The highest BCUT2D eigenvalue weighted by Gasteiger charge is 2.28. The van der Waals surface area contributed by atoms with Gasteiger partial charge in [-0.05, 0) is 0 Å². The maximum atomic E-state index is 5.64. The van der Waals surface area contributed by atoms with Gasteiger partial charge in [0.15, 0.2) is 0 Å². The smallest absolute Gasteiger partial charge is 0.235 e. The van der Waals surface area contributed by atoms with Gasteiger partial charge in [0.1, 0.15) is 5.69 Å². The quantitative estimate of drug-likeness (QED) is 0.710. The van der Waals surface area contributed by atoms with Crippen molar-refractivity contribution in [2.45, 2.75) is 20.4 Å². The van der Waals surface area contributed by atoms with Crippen LogP contribution in [0.1, 0.15) is 13.8 Å². The summed E-state index contributed by atoms with van der Waals surface area (Å²) in [5.74, 6) is 0.863. The standard InChI is InChI=1S/C9H15N3O/c1-9(2)5-12-8(13-6-9)7(10-3)4-11-12/h4,10H,5-6H2,1-3H3. The summed E-state index contributed by atoms with van der Waals surface area (Å²) >= 11 is 0. The Kier molecular flexibility index (Phi) is 1.71. The molecule has 0 bridgehead atoms. The Balaban J connectivity index is 2.33. The molecular formula is C9H15N3O. The number of ether oxygens (including phenoxy) is 1. The summed E-state index contributed by atoms with van der Waals surface area (Å²) in [6.07, 6.45) is 1.80. The van der Waals surface area contributed by atoms with E-state index in [4.69, 9.17) is 4.74 Å². The minimum atomic E-state index is 0.185. The van der Waals surface area contributed by atoms with Crippen molar-refractivity contribution in [2.75, 3.05) is 19.0 Å². The van der Waals surface area contributed by atoms with E-state index >= 15 is 0 Å². The van der Waals surface area contributed by atoms with Crippen LogP contribution in [0.4, 0.5) is 5.69 Å². The number of fused-ring (bicyclic) bond motifs is 1. The number of anilines is 1. The normalized spacial score (nSPS) is 19.0. The van der Waals surface area contributed by atoms with E-state index in [9.17, 15) is 0 Å². The molecule has 1 aromatic rings. The fourth-order valence-corrected chi connectivity index (χ4v) is 1.53. The molecule has 1 aliphatic heterocycles. The van der Waals surface area contributed by atoms with Gasteiger partial charge in [0, 0.05) is 12.5 Å². The molecule has 0 amide bonds. The number of rotatable bonds is 1. The minimum Gasteiger partial charge on any atom is -0.476 e. The third-order valence-electron chi connectivity index (χ3n) is 2.24. The van der Waals surface area contributed by atoms with Crippen LogP contribution in [0.2, 0.25) is 0 Å². The molecule has 0 aromatic carbocycles. The van der Waals surface area contributed by atoms with Gasteiger partial charge in [-0.1, -0.05) is 13.8 Å². The lowest BCUT2D eigenvalue weighted by Gasteiger charge is -2.30. The van der Waals surface area contributed by atoms with E-state index in [1.54, 1.807) is 6.20 Å². The van der Waals surface area contributed by atoms with E-state index < -0.39 is 0 Å². The van der Waals surface area contributed by atoms with Crippen molar-refractivity contribution in [3.05, 3.63) is 6.20 Å². The predicted molar refractivity (Wildman–Crippen MR) is 51.0 cm³/mol. The van der Waals surface area contributed by atoms with Crippen molar-refractivity contribution in [1.82, 2.24) is 9.78 Å². The third kappa shape index (κ3) is 1.36. The van der Waals surface area contributed by atoms with Crippen LogP contribution in [0.5, 0.6) is 5.88 Å². The van der Waals surface area contributed by atoms with Gasteiger partial charge in [-0.3, -0.25) is 0 Å². The van der Waals surface area contributed by atoms with Crippen LogP contribution in [0.25, 0.3) is 0 Å². The number of hydrogen-bond acceptors (Lipinski definition) is 3. The Hall–Kier alpha value is -1.19. The molecule has 0 atom stereocenters. The number of nitrogens with one attached hydrogen (secondary N) is 1. The molecule has 1 N–H and O–H groups in total. The van der Waals surface area contributed by atoms with Crippen LogP contribution in [0.15, 0.2) is 6.20 Å². The summed E-state index contributed by atoms with van der Waals surface area (Å²) in [7, 11) is 1.88. The Bertz CT molecular complexity index is 317. The van der Waals surface area contributed by atoms with Gasteiger partial charge in [0.05, 0.1) is 19.3 Å². The summed E-state index contributed by atoms with van der Waals surface area (Å²) in [6.45, 7) is 6.03. The molecule has 0 saturated carbocycles. The molecule has 0 unspecified atom stereocenters. The number of nitrogens with zero attached hydrogens (tertiary/aromatic N) is 2. The predicted octanol–water partition coefficient (Wildman–Crippen LogP) is 1.34. The number of aromatic nitrogens is 2. The Morgan fingerprint density at radius 3 is 3.08 bits per heavy atom. The summed E-state index contributed by atoms with van der Waals surface area (Å²) in [4.78, 5) is 0. The Morgan fingerprint density at radius 2 is 2.38 bits per heavy atom. The van der Waals surface area contributed by atoms with Crippen LogP contribution in [-0.2, 0) is 6.54 Å². The molecule has 2 heterocycles. The molecule has 4 heteroatoms. The molecule has 72 valence electrons. The first-order valence-electron chi connectivity index (χ1n) is 4.49. The molecule has 0 spiro atoms. The minimum absolute atomic E-state index is 0.185. The monoisotopic (exact) mass is 181 g/mol. The van der Waals surface area contributed by atoms with Crippen molar-refractivity contribution in [3.63, 3.8) is 0 Å². The van der Waals surface area contributed by atoms with Crippen molar-refractivity contribution >= 4 is 5.69 Å². The second-order valence-corrected chi connectivity index (χ2v) is 4.22. The van der Waals surface area contributed by atoms with Crippen molar-refractivity contribution in [1.29, 1.82) is 0 Å². The largest absolute Gasteiger partial charge is 0.476 e. The summed E-state index contributed by atoms with van der Waals surface area (Å²) < 4.78 is 7.55. The SMILES string of the molecule is CNc1cnn2c1OCC(C)(C)C2. The highest BCUT2D eigenvalue weighted by molar-refractivity contribution is 5.51. The van der Waals surface area contributed by atoms with Crippen LogP contribution >= 0.6 is 0 Å². The van der Waals surface area contributed by atoms with E-state index in [-0.39, 0.29) is 5.41 Å². The fourth-order valence-electron chi connectivity index (χ4n) is 1.53. The Morgan fingerprint density at radius 1 is 1.62 bits per heavy atom. The zero-order valence-electron chi connectivity index (χ0n) is 8.29. The van der Waals surface area contributed by atoms with Gasteiger partial charge in [-0.2, -0.15) is 5.10 Å². The molecule has 0 aliphatic carbocycles. The average Bonchev–Trinajstić information content (AvgIpc) is 2.44. The molecule has 4 nitrogen and oxygen atoms in total. The highest BCUT2D eigenvalue weighted by atomic mass is 16.5. The molecule has 0 fully saturated rings. The average molecular weight is 181 g/mol. The zero-order valence-corrected chi connectivity index (χ0v) is 8.29. The van der Waals surface area contributed by atoms with Gasteiger partial charge in [0.2, 0.25) is 5.88 Å². The van der Waals surface area contributed by atoms with Crippen LogP contribution in [-0.4, -0.2) is 23.4 Å². The highest BCUT2D eigenvalue weighted by Crippen LogP contribution is 2.33. The lowest BCUT2D eigenvalue weighted by Crippen LogP contribution is -2.33. The van der Waals surface area contributed by atoms with E-state index in [1.165, 1.54) is 0 Å². The first kappa shape index (κ1) is 8.41. The van der Waals surface area contributed by atoms with Crippen molar-refractivity contribution in [3.8, 4) is 5.88 Å². The van der Waals surface area contributed by atoms with Gasteiger partial charge in [-0.25, -0.2) is 4.68 Å².